The molecule has 1 aromatic carbocycles. The normalized spacial score (nSPS) is 12.8. The number of carbonyl (C=O) groups is 2. The fourth-order valence-corrected chi connectivity index (χ4v) is 3.85. The van der Waals surface area contributed by atoms with E-state index in [4.69, 9.17) is 9.47 Å². The van der Waals surface area contributed by atoms with Crippen LogP contribution >= 0.6 is 0 Å². The average Bonchev–Trinajstić information content (AvgIpc) is 3.33. The Hall–Kier alpha value is -2.67. The Kier molecular flexibility index (Phi) is 12.5. The minimum Gasteiger partial charge on any atom is -0.461 e. The van der Waals surface area contributed by atoms with Gasteiger partial charge in [-0.3, -0.25) is 4.79 Å². The first-order valence-electron chi connectivity index (χ1n) is 13.2. The van der Waals surface area contributed by atoms with Crippen LogP contribution in [0.25, 0.3) is 5.69 Å². The van der Waals surface area contributed by atoms with Crippen LogP contribution in [0.3, 0.4) is 0 Å². The Balaban J connectivity index is 1.91. The van der Waals surface area contributed by atoms with Gasteiger partial charge in [-0.05, 0) is 68.4 Å². The molecule has 2 aromatic rings. The van der Waals surface area contributed by atoms with Gasteiger partial charge in [0.05, 0.1) is 12.3 Å². The highest BCUT2D eigenvalue weighted by Crippen LogP contribution is 2.24. The Morgan fingerprint density at radius 2 is 1.80 bits per heavy atom. The maximum atomic E-state index is 12.5. The molecule has 0 unspecified atom stereocenters. The van der Waals surface area contributed by atoms with Crippen LogP contribution in [-0.4, -0.2) is 48.0 Å². The Morgan fingerprint density at radius 3 is 2.43 bits per heavy atom. The summed E-state index contributed by atoms with van der Waals surface area (Å²) >= 11 is 0. The van der Waals surface area contributed by atoms with Crippen molar-refractivity contribution in [3.63, 3.8) is 0 Å². The van der Waals surface area contributed by atoms with Crippen molar-refractivity contribution in [3.8, 4) is 5.69 Å². The van der Waals surface area contributed by atoms with E-state index < -0.39 is 5.97 Å². The molecule has 0 aliphatic heterocycles. The quantitative estimate of drug-likeness (QED) is 0.236. The molecule has 1 amide bonds. The third kappa shape index (κ3) is 8.80. The van der Waals surface area contributed by atoms with Crippen molar-refractivity contribution in [2.45, 2.75) is 79.1 Å². The minimum atomic E-state index is -0.429. The summed E-state index contributed by atoms with van der Waals surface area (Å²) in [4.78, 5) is 24.7. The highest BCUT2D eigenvalue weighted by atomic mass is 16.5. The zero-order valence-corrected chi connectivity index (χ0v) is 22.1. The van der Waals surface area contributed by atoms with Crippen molar-refractivity contribution in [2.75, 3.05) is 26.4 Å². The number of nitrogens with zero attached hydrogens (tertiary/aromatic N) is 2. The summed E-state index contributed by atoms with van der Waals surface area (Å²) in [7, 11) is 0. The molecule has 1 N–H and O–H groups in total. The second-order valence-electron chi connectivity index (χ2n) is 9.04. The standard InChI is InChI=1S/C28H43N3O4/c1-6-10-12-22(8-3)20-34-18-11-17-29-27(32)23-13-15-24(16-14-23)31-26(21(5)7-2)19-25(30-31)28(33)35-9-4/h13-16,19,21-22H,6-12,17-18,20H2,1-5H3,(H,29,32)/t21-,22-/m1/s1. The van der Waals surface area contributed by atoms with Gasteiger partial charge in [-0.2, -0.15) is 5.10 Å². The molecule has 2 rings (SSSR count). The molecule has 35 heavy (non-hydrogen) atoms. The van der Waals surface area contributed by atoms with Crippen LogP contribution in [0.5, 0.6) is 0 Å². The minimum absolute atomic E-state index is 0.110. The topological polar surface area (TPSA) is 82.5 Å². The van der Waals surface area contributed by atoms with Gasteiger partial charge in [0, 0.05) is 31.0 Å². The fraction of sp³-hybridized carbons (Fsp3) is 0.607. The maximum absolute atomic E-state index is 12.5. The van der Waals surface area contributed by atoms with Crippen LogP contribution in [0.1, 0.15) is 106 Å². The molecule has 0 aliphatic rings. The van der Waals surface area contributed by atoms with E-state index in [1.807, 2.05) is 12.1 Å². The lowest BCUT2D eigenvalue weighted by Gasteiger charge is -2.14. The summed E-state index contributed by atoms with van der Waals surface area (Å²) in [5.74, 6) is 0.310. The lowest BCUT2D eigenvalue weighted by molar-refractivity contribution is 0.0518. The van der Waals surface area contributed by atoms with E-state index in [-0.39, 0.29) is 11.8 Å². The summed E-state index contributed by atoms with van der Waals surface area (Å²) in [6.45, 7) is 12.7. The molecule has 0 bridgehead atoms. The lowest BCUT2D eigenvalue weighted by atomic mass is 10.0. The van der Waals surface area contributed by atoms with Crippen LogP contribution in [0.2, 0.25) is 0 Å². The van der Waals surface area contributed by atoms with E-state index >= 15 is 0 Å². The lowest BCUT2D eigenvalue weighted by Crippen LogP contribution is -2.25. The van der Waals surface area contributed by atoms with Crippen LogP contribution in [-0.2, 0) is 9.47 Å². The van der Waals surface area contributed by atoms with E-state index in [0.717, 1.165) is 37.3 Å². The molecule has 7 heteroatoms. The zero-order valence-electron chi connectivity index (χ0n) is 22.1. The highest BCUT2D eigenvalue weighted by Gasteiger charge is 2.19. The predicted molar refractivity (Wildman–Crippen MR) is 139 cm³/mol. The van der Waals surface area contributed by atoms with Crippen LogP contribution in [0, 0.1) is 5.92 Å². The molecule has 0 aliphatic carbocycles. The zero-order chi connectivity index (χ0) is 25.6. The number of amides is 1. The molecule has 0 spiro atoms. The van der Waals surface area contributed by atoms with Crippen LogP contribution < -0.4 is 5.32 Å². The van der Waals surface area contributed by atoms with Crippen molar-refractivity contribution in [3.05, 3.63) is 47.3 Å². The van der Waals surface area contributed by atoms with Gasteiger partial charge >= 0.3 is 5.97 Å². The smallest absolute Gasteiger partial charge is 0.358 e. The number of benzene rings is 1. The largest absolute Gasteiger partial charge is 0.461 e. The molecule has 1 aromatic heterocycles. The molecule has 0 saturated heterocycles. The molecular weight excluding hydrogens is 442 g/mol. The van der Waals surface area contributed by atoms with Crippen molar-refractivity contribution in [1.82, 2.24) is 15.1 Å². The fourth-order valence-electron chi connectivity index (χ4n) is 3.85. The number of hydrogen-bond donors (Lipinski definition) is 1. The highest BCUT2D eigenvalue weighted by molar-refractivity contribution is 5.94. The molecule has 1 heterocycles. The first kappa shape index (κ1) is 28.6. The molecule has 2 atom stereocenters. The number of carbonyl (C=O) groups excluding carboxylic acids is 2. The van der Waals surface area contributed by atoms with E-state index in [0.29, 0.717) is 36.9 Å². The van der Waals surface area contributed by atoms with Gasteiger partial charge in [0.15, 0.2) is 5.69 Å². The Labute approximate surface area is 210 Å². The van der Waals surface area contributed by atoms with Crippen molar-refractivity contribution < 1.29 is 19.1 Å². The second-order valence-corrected chi connectivity index (χ2v) is 9.04. The summed E-state index contributed by atoms with van der Waals surface area (Å²) < 4.78 is 12.7. The third-order valence-electron chi connectivity index (χ3n) is 6.36. The molecule has 194 valence electrons. The van der Waals surface area contributed by atoms with E-state index in [1.165, 1.54) is 19.3 Å². The Bertz CT molecular complexity index is 907. The third-order valence-corrected chi connectivity index (χ3v) is 6.36. The number of aromatic nitrogens is 2. The summed E-state index contributed by atoms with van der Waals surface area (Å²) in [6, 6.07) is 9.07. The van der Waals surface area contributed by atoms with Gasteiger partial charge in [-0.25, -0.2) is 9.48 Å². The van der Waals surface area contributed by atoms with E-state index in [2.05, 4.69) is 38.1 Å². The first-order chi connectivity index (χ1) is 16.9. The molecule has 7 nitrogen and oxygen atoms in total. The number of unbranched alkanes of at least 4 members (excludes halogenated alkanes) is 1. The van der Waals surface area contributed by atoms with Gasteiger partial charge in [0.2, 0.25) is 0 Å². The average molecular weight is 486 g/mol. The molecule has 0 fully saturated rings. The van der Waals surface area contributed by atoms with Crippen molar-refractivity contribution >= 4 is 11.9 Å². The number of rotatable bonds is 16. The van der Waals surface area contributed by atoms with Crippen LogP contribution in [0.4, 0.5) is 0 Å². The summed E-state index contributed by atoms with van der Waals surface area (Å²) in [5.41, 5.74) is 2.62. The Morgan fingerprint density at radius 1 is 1.06 bits per heavy atom. The molecule has 0 radical (unpaired) electrons. The number of hydrogen-bond acceptors (Lipinski definition) is 5. The summed E-state index contributed by atoms with van der Waals surface area (Å²) in [6.07, 6.45) is 6.55. The maximum Gasteiger partial charge on any atom is 0.358 e. The predicted octanol–water partition coefficient (Wildman–Crippen LogP) is 5.92. The van der Waals surface area contributed by atoms with Crippen LogP contribution in [0.15, 0.2) is 30.3 Å². The van der Waals surface area contributed by atoms with E-state index in [9.17, 15) is 9.59 Å². The number of nitrogens with one attached hydrogen (secondary N) is 1. The van der Waals surface area contributed by atoms with E-state index in [1.54, 1.807) is 29.8 Å². The van der Waals surface area contributed by atoms with Crippen molar-refractivity contribution in [2.24, 2.45) is 5.92 Å². The van der Waals surface area contributed by atoms with Gasteiger partial charge in [-0.1, -0.05) is 47.0 Å². The van der Waals surface area contributed by atoms with Crippen molar-refractivity contribution in [1.29, 1.82) is 0 Å². The van der Waals surface area contributed by atoms with Gasteiger partial charge in [0.25, 0.3) is 5.91 Å². The SMILES string of the molecule is CCCC[C@@H](CC)COCCCNC(=O)c1ccc(-n2nc(C(=O)OCC)cc2[C@H](C)CC)cc1. The summed E-state index contributed by atoms with van der Waals surface area (Å²) in [5, 5.41) is 7.45. The molecular formula is C28H43N3O4. The second kappa shape index (κ2) is 15.4. The molecule has 0 saturated carbocycles. The van der Waals surface area contributed by atoms with Gasteiger partial charge in [0.1, 0.15) is 0 Å². The number of ether oxygens (including phenoxy) is 2. The van der Waals surface area contributed by atoms with Gasteiger partial charge in [-0.15, -0.1) is 0 Å². The first-order valence-corrected chi connectivity index (χ1v) is 13.2. The monoisotopic (exact) mass is 485 g/mol. The number of esters is 1. The van der Waals surface area contributed by atoms with Gasteiger partial charge < -0.3 is 14.8 Å².